The van der Waals surface area contributed by atoms with Crippen LogP contribution in [0.4, 0.5) is 0 Å². The van der Waals surface area contributed by atoms with Crippen LogP contribution in [0.1, 0.15) is 39.5 Å². The molecule has 0 aromatic carbocycles. The van der Waals surface area contributed by atoms with Gasteiger partial charge in [-0.05, 0) is 12.3 Å². The summed E-state index contributed by atoms with van der Waals surface area (Å²) in [6.07, 6.45) is 4.37. The number of rotatable bonds is 13. The summed E-state index contributed by atoms with van der Waals surface area (Å²) in [6.45, 7) is 8.81. The van der Waals surface area contributed by atoms with Gasteiger partial charge in [0.15, 0.2) is 0 Å². The number of esters is 1. The van der Waals surface area contributed by atoms with E-state index in [9.17, 15) is 4.79 Å². The van der Waals surface area contributed by atoms with E-state index in [0.717, 1.165) is 18.8 Å². The summed E-state index contributed by atoms with van der Waals surface area (Å²) in [5.74, 6) is 0.329. The number of hydrogen-bond acceptors (Lipinski definition) is 5. The molecule has 0 amide bonds. The topological polar surface area (TPSA) is 54.0 Å². The molecule has 0 aliphatic rings. The average Bonchev–Trinajstić information content (AvgIpc) is 2.41. The minimum Gasteiger partial charge on any atom is -0.462 e. The van der Waals surface area contributed by atoms with E-state index in [1.165, 1.54) is 20.0 Å². The Morgan fingerprint density at radius 2 is 1.85 bits per heavy atom. The molecule has 0 aliphatic carbocycles. The van der Waals surface area contributed by atoms with Gasteiger partial charge in [-0.1, -0.05) is 39.7 Å². The Hall–Kier alpha value is -0.910. The van der Waals surface area contributed by atoms with Crippen LogP contribution in [0.2, 0.25) is 0 Å². The molecule has 0 saturated heterocycles. The van der Waals surface area contributed by atoms with Gasteiger partial charge in [0.05, 0.1) is 18.8 Å². The summed E-state index contributed by atoms with van der Waals surface area (Å²) in [6, 6.07) is 0. The largest absolute Gasteiger partial charge is 0.462 e. The average molecular weight is 288 g/mol. The molecule has 0 rings (SSSR count). The molecule has 0 aliphatic heterocycles. The van der Waals surface area contributed by atoms with E-state index in [2.05, 4.69) is 25.2 Å². The molecule has 20 heavy (non-hydrogen) atoms. The van der Waals surface area contributed by atoms with Crippen LogP contribution in [-0.2, 0) is 23.7 Å². The zero-order valence-corrected chi connectivity index (χ0v) is 13.0. The molecule has 0 aromatic rings. The molecule has 5 heteroatoms. The summed E-state index contributed by atoms with van der Waals surface area (Å²) in [5.41, 5.74) is 0.299. The second-order valence-electron chi connectivity index (χ2n) is 5.06. The summed E-state index contributed by atoms with van der Waals surface area (Å²) >= 11 is 0. The molecule has 0 spiro atoms. The molecule has 118 valence electrons. The van der Waals surface area contributed by atoms with Crippen molar-refractivity contribution in [2.75, 3.05) is 33.9 Å². The highest BCUT2D eigenvalue weighted by Gasteiger charge is 2.08. The van der Waals surface area contributed by atoms with Gasteiger partial charge in [-0.3, -0.25) is 0 Å². The molecule has 0 heterocycles. The Morgan fingerprint density at radius 3 is 2.50 bits per heavy atom. The number of hydrogen-bond donors (Lipinski definition) is 0. The molecule has 0 N–H and O–H groups in total. The standard InChI is InChI=1S/C15H28O5/c1-13(2)8-6-5-7-9-20-15(16)14(3)10-18-12-19-11-17-4/h13H,3,5-12H2,1-2,4H3. The molecular formula is C15H28O5. The van der Waals surface area contributed by atoms with Crippen LogP contribution in [-0.4, -0.2) is 39.9 Å². The normalized spacial score (nSPS) is 10.8. The number of ether oxygens (including phenoxy) is 4. The van der Waals surface area contributed by atoms with Crippen molar-refractivity contribution >= 4 is 5.97 Å². The summed E-state index contributed by atoms with van der Waals surface area (Å²) in [5, 5.41) is 0. The smallest absolute Gasteiger partial charge is 0.335 e. The molecule has 5 nitrogen and oxygen atoms in total. The molecule has 0 saturated carbocycles. The fourth-order valence-electron chi connectivity index (χ4n) is 1.50. The third-order valence-electron chi connectivity index (χ3n) is 2.59. The molecule has 0 aromatic heterocycles. The van der Waals surface area contributed by atoms with Crippen molar-refractivity contribution in [1.82, 2.24) is 0 Å². The van der Waals surface area contributed by atoms with Crippen molar-refractivity contribution < 1.29 is 23.7 Å². The highest BCUT2D eigenvalue weighted by Crippen LogP contribution is 2.08. The van der Waals surface area contributed by atoms with E-state index in [1.54, 1.807) is 0 Å². The van der Waals surface area contributed by atoms with Crippen LogP contribution in [0, 0.1) is 5.92 Å². The maximum atomic E-state index is 11.5. The maximum Gasteiger partial charge on any atom is 0.335 e. The van der Waals surface area contributed by atoms with Gasteiger partial charge in [0, 0.05) is 7.11 Å². The lowest BCUT2D eigenvalue weighted by Gasteiger charge is -2.08. The van der Waals surface area contributed by atoms with Gasteiger partial charge in [0.25, 0.3) is 0 Å². The van der Waals surface area contributed by atoms with E-state index < -0.39 is 5.97 Å². The van der Waals surface area contributed by atoms with Gasteiger partial charge >= 0.3 is 5.97 Å². The van der Waals surface area contributed by atoms with Gasteiger partial charge in [-0.25, -0.2) is 4.79 Å². The second-order valence-corrected chi connectivity index (χ2v) is 5.06. The molecule has 0 radical (unpaired) electrons. The highest BCUT2D eigenvalue weighted by molar-refractivity contribution is 5.87. The van der Waals surface area contributed by atoms with Gasteiger partial charge in [-0.15, -0.1) is 0 Å². The summed E-state index contributed by atoms with van der Waals surface area (Å²) in [7, 11) is 1.53. The predicted molar refractivity (Wildman–Crippen MR) is 77.2 cm³/mol. The lowest BCUT2D eigenvalue weighted by Crippen LogP contribution is -2.14. The van der Waals surface area contributed by atoms with Gasteiger partial charge < -0.3 is 18.9 Å². The molecule has 0 unspecified atom stereocenters. The van der Waals surface area contributed by atoms with E-state index in [4.69, 9.17) is 14.2 Å². The first-order valence-electron chi connectivity index (χ1n) is 7.07. The van der Waals surface area contributed by atoms with E-state index in [-0.39, 0.29) is 20.2 Å². The Labute approximate surface area is 122 Å². The first kappa shape index (κ1) is 19.1. The van der Waals surface area contributed by atoms with Crippen LogP contribution in [0.3, 0.4) is 0 Å². The van der Waals surface area contributed by atoms with Crippen molar-refractivity contribution in [3.8, 4) is 0 Å². The highest BCUT2D eigenvalue weighted by atomic mass is 16.7. The lowest BCUT2D eigenvalue weighted by atomic mass is 10.1. The fraction of sp³-hybridized carbons (Fsp3) is 0.800. The third kappa shape index (κ3) is 12.1. The fourth-order valence-corrected chi connectivity index (χ4v) is 1.50. The summed E-state index contributed by atoms with van der Waals surface area (Å²) < 4.78 is 19.8. The quantitative estimate of drug-likeness (QED) is 0.226. The van der Waals surface area contributed by atoms with Crippen LogP contribution in [0.15, 0.2) is 12.2 Å². The van der Waals surface area contributed by atoms with Crippen LogP contribution >= 0.6 is 0 Å². The van der Waals surface area contributed by atoms with Crippen LogP contribution in [0.5, 0.6) is 0 Å². The van der Waals surface area contributed by atoms with Crippen molar-refractivity contribution in [2.24, 2.45) is 5.92 Å². The van der Waals surface area contributed by atoms with Crippen molar-refractivity contribution in [3.05, 3.63) is 12.2 Å². The second kappa shape index (κ2) is 13.1. The van der Waals surface area contributed by atoms with Crippen LogP contribution < -0.4 is 0 Å². The monoisotopic (exact) mass is 288 g/mol. The van der Waals surface area contributed by atoms with E-state index >= 15 is 0 Å². The van der Waals surface area contributed by atoms with Crippen molar-refractivity contribution in [1.29, 1.82) is 0 Å². The minimum absolute atomic E-state index is 0.0648. The minimum atomic E-state index is -0.402. The molecule has 0 bridgehead atoms. The zero-order valence-electron chi connectivity index (χ0n) is 13.0. The lowest BCUT2D eigenvalue weighted by molar-refractivity contribution is -0.142. The SMILES string of the molecule is C=C(COCOCOC)C(=O)OCCCCCC(C)C. The molecular weight excluding hydrogens is 260 g/mol. The predicted octanol–water partition coefficient (Wildman–Crippen LogP) is 2.90. The third-order valence-corrected chi connectivity index (χ3v) is 2.59. The number of methoxy groups -OCH3 is 1. The molecule has 0 fully saturated rings. The number of unbranched alkanes of at least 4 members (excludes halogenated alkanes) is 2. The van der Waals surface area contributed by atoms with Crippen LogP contribution in [0.25, 0.3) is 0 Å². The first-order valence-corrected chi connectivity index (χ1v) is 7.07. The maximum absolute atomic E-state index is 11.5. The van der Waals surface area contributed by atoms with Gasteiger partial charge in [0.1, 0.15) is 13.6 Å². The van der Waals surface area contributed by atoms with E-state index in [1.807, 2.05) is 0 Å². The summed E-state index contributed by atoms with van der Waals surface area (Å²) in [4.78, 5) is 11.5. The van der Waals surface area contributed by atoms with Gasteiger partial charge in [0.2, 0.25) is 0 Å². The van der Waals surface area contributed by atoms with E-state index in [0.29, 0.717) is 12.2 Å². The van der Waals surface area contributed by atoms with Crippen molar-refractivity contribution in [2.45, 2.75) is 39.5 Å². The Bertz CT molecular complexity index is 263. The number of carbonyl (C=O) groups excluding carboxylic acids is 1. The molecule has 0 atom stereocenters. The zero-order chi connectivity index (χ0) is 15.2. The first-order chi connectivity index (χ1) is 9.57. The Kier molecular flexibility index (Phi) is 12.5. The number of carbonyl (C=O) groups is 1. The Balaban J connectivity index is 3.44. The van der Waals surface area contributed by atoms with Gasteiger partial charge in [-0.2, -0.15) is 0 Å². The Morgan fingerprint density at radius 1 is 1.10 bits per heavy atom. The van der Waals surface area contributed by atoms with Crippen molar-refractivity contribution in [3.63, 3.8) is 0 Å².